The molecule has 0 bridgehead atoms. The van der Waals surface area contributed by atoms with Crippen LogP contribution in [0, 0.1) is 34.5 Å². The van der Waals surface area contributed by atoms with Gasteiger partial charge in [-0.3, -0.25) is 4.79 Å². The summed E-state index contributed by atoms with van der Waals surface area (Å²) in [6, 6.07) is 0. The number of aliphatic hydroxyl groups excluding tert-OH is 1. The van der Waals surface area contributed by atoms with Gasteiger partial charge in [0.2, 0.25) is 0 Å². The van der Waals surface area contributed by atoms with E-state index in [0.29, 0.717) is 32.3 Å². The van der Waals surface area contributed by atoms with E-state index >= 15 is 0 Å². The minimum Gasteiger partial charge on any atom is -0.458 e. The van der Waals surface area contributed by atoms with Gasteiger partial charge in [0.25, 0.3) is 0 Å². The predicted molar refractivity (Wildman–Crippen MR) is 148 cm³/mol. The van der Waals surface area contributed by atoms with Gasteiger partial charge in [0.05, 0.1) is 17.8 Å². The van der Waals surface area contributed by atoms with Crippen molar-refractivity contribution in [2.24, 2.45) is 34.5 Å². The van der Waals surface area contributed by atoms with Gasteiger partial charge in [-0.05, 0) is 94.0 Å². The average molecular weight is 591 g/mol. The predicted octanol–water partition coefficient (Wildman–Crippen LogP) is 2.86. The first-order chi connectivity index (χ1) is 20.0. The number of hydrogen-bond acceptors (Lipinski definition) is 10. The molecule has 2 aliphatic heterocycles. The molecule has 42 heavy (non-hydrogen) atoms. The summed E-state index contributed by atoms with van der Waals surface area (Å²) in [7, 11) is 1.46. The Balaban J connectivity index is 1.19. The Kier molecular flexibility index (Phi) is 7.87. The summed E-state index contributed by atoms with van der Waals surface area (Å²) in [5.74, 6) is -0.462. The second kappa shape index (κ2) is 10.9. The number of aldehydes is 1. The highest BCUT2D eigenvalue weighted by Gasteiger charge is 2.68. The Morgan fingerprint density at radius 3 is 2.55 bits per heavy atom. The molecule has 0 radical (unpaired) electrons. The summed E-state index contributed by atoms with van der Waals surface area (Å²) in [6.45, 7) is 5.54. The van der Waals surface area contributed by atoms with Crippen molar-refractivity contribution in [3.8, 4) is 0 Å². The van der Waals surface area contributed by atoms with Crippen LogP contribution in [0.25, 0.3) is 0 Å². The van der Waals surface area contributed by atoms with Gasteiger partial charge in [-0.25, -0.2) is 4.79 Å². The van der Waals surface area contributed by atoms with Gasteiger partial charge in [0.1, 0.15) is 25.1 Å². The first-order valence-electron chi connectivity index (χ1n) is 15.7. The topological polar surface area (TPSA) is 138 Å². The van der Waals surface area contributed by atoms with Crippen LogP contribution in [-0.2, 0) is 38.1 Å². The van der Waals surface area contributed by atoms with Crippen LogP contribution >= 0.6 is 0 Å². The molecule has 2 heterocycles. The van der Waals surface area contributed by atoms with Gasteiger partial charge < -0.3 is 38.7 Å². The number of esters is 2. The molecule has 6 aliphatic rings. The van der Waals surface area contributed by atoms with Crippen molar-refractivity contribution >= 4 is 18.2 Å². The summed E-state index contributed by atoms with van der Waals surface area (Å²) in [5.41, 5.74) is -0.761. The lowest BCUT2D eigenvalue weighted by molar-refractivity contribution is -0.315. The van der Waals surface area contributed by atoms with E-state index in [9.17, 15) is 24.6 Å². The van der Waals surface area contributed by atoms with Gasteiger partial charge >= 0.3 is 11.9 Å². The van der Waals surface area contributed by atoms with Crippen molar-refractivity contribution in [2.75, 3.05) is 13.7 Å². The van der Waals surface area contributed by atoms with Gasteiger partial charge in [-0.1, -0.05) is 6.92 Å². The number of rotatable bonds is 6. The maximum Gasteiger partial charge on any atom is 0.331 e. The van der Waals surface area contributed by atoms with E-state index < -0.39 is 47.7 Å². The normalized spacial score (nSPS) is 50.1. The molecule has 0 aromatic heterocycles. The van der Waals surface area contributed by atoms with E-state index in [2.05, 4.69) is 6.92 Å². The zero-order valence-electron chi connectivity index (χ0n) is 25.2. The van der Waals surface area contributed by atoms with Crippen LogP contribution in [0.4, 0.5) is 0 Å². The van der Waals surface area contributed by atoms with E-state index in [0.717, 1.165) is 37.7 Å². The summed E-state index contributed by atoms with van der Waals surface area (Å²) < 4.78 is 28.7. The molecule has 10 nitrogen and oxygen atoms in total. The molecule has 0 amide bonds. The fourth-order valence-corrected chi connectivity index (χ4v) is 10.3. The first kappa shape index (κ1) is 30.2. The van der Waals surface area contributed by atoms with Crippen LogP contribution in [0.2, 0.25) is 0 Å². The smallest absolute Gasteiger partial charge is 0.331 e. The van der Waals surface area contributed by atoms with E-state index in [-0.39, 0.29) is 41.2 Å². The number of hydrogen-bond donors (Lipinski definition) is 2. The number of cyclic esters (lactones) is 1. The molecule has 4 aliphatic carbocycles. The Labute approximate surface area is 247 Å². The molecule has 13 atom stereocenters. The number of ether oxygens (including phenoxy) is 5. The molecular weight excluding hydrogens is 544 g/mol. The summed E-state index contributed by atoms with van der Waals surface area (Å²) in [4.78, 5) is 36.8. The lowest BCUT2D eigenvalue weighted by Crippen LogP contribution is -2.64. The molecule has 2 N–H and O–H groups in total. The zero-order valence-corrected chi connectivity index (χ0v) is 25.2. The molecule has 5 fully saturated rings. The minimum absolute atomic E-state index is 0.0265. The molecule has 0 spiro atoms. The van der Waals surface area contributed by atoms with Gasteiger partial charge in [-0.15, -0.1) is 0 Å². The van der Waals surface area contributed by atoms with Crippen LogP contribution in [0.1, 0.15) is 78.6 Å². The molecule has 1 saturated heterocycles. The quantitative estimate of drug-likeness (QED) is 0.270. The van der Waals surface area contributed by atoms with Crippen molar-refractivity contribution in [2.45, 2.75) is 121 Å². The summed E-state index contributed by atoms with van der Waals surface area (Å²) in [5, 5.41) is 23.0. The highest BCUT2D eigenvalue weighted by atomic mass is 16.7. The Morgan fingerprint density at radius 1 is 1.10 bits per heavy atom. The molecular formula is C32H46O10. The lowest BCUT2D eigenvalue weighted by Gasteiger charge is -2.63. The maximum absolute atomic E-state index is 13.1. The number of methoxy groups -OCH3 is 1. The van der Waals surface area contributed by atoms with Crippen LogP contribution in [0.5, 0.6) is 0 Å². The summed E-state index contributed by atoms with van der Waals surface area (Å²) in [6.07, 6.45) is 5.29. The van der Waals surface area contributed by atoms with Gasteiger partial charge in [0, 0.05) is 30.9 Å². The van der Waals surface area contributed by atoms with E-state index in [1.807, 2.05) is 0 Å². The second-order valence-electron chi connectivity index (χ2n) is 14.0. The number of carbonyl (C=O) groups is 3. The highest BCUT2D eigenvalue weighted by Crippen LogP contribution is 2.69. The van der Waals surface area contributed by atoms with Crippen molar-refractivity contribution in [3.63, 3.8) is 0 Å². The number of carbonyl (C=O) groups excluding carboxylic acids is 3. The third-order valence-electron chi connectivity index (χ3n) is 12.4. The fraction of sp³-hybridized carbons (Fsp3) is 0.844. The maximum atomic E-state index is 13.1. The first-order valence-corrected chi connectivity index (χ1v) is 15.7. The monoisotopic (exact) mass is 590 g/mol. The SMILES string of the molecule is CO[C@@H]1[C@@H](O)[C@@H](C)O[C@@H](O[C@H]2CC[C@]3(C=O)C4CC[C@]5(C)C(C6=CC(=O)OC6)CCC5(O)C4CC[C@@H]3C2)[C@@H]1OC(C)=O. The van der Waals surface area contributed by atoms with Crippen LogP contribution in [-0.4, -0.2) is 84.6 Å². The van der Waals surface area contributed by atoms with Crippen molar-refractivity contribution in [1.82, 2.24) is 0 Å². The second-order valence-corrected chi connectivity index (χ2v) is 14.0. The molecule has 10 heteroatoms. The Morgan fingerprint density at radius 2 is 1.88 bits per heavy atom. The molecule has 0 aromatic rings. The van der Waals surface area contributed by atoms with E-state index in [1.54, 1.807) is 13.0 Å². The third-order valence-corrected chi connectivity index (χ3v) is 12.4. The van der Waals surface area contributed by atoms with Crippen LogP contribution < -0.4 is 0 Å². The van der Waals surface area contributed by atoms with Gasteiger partial charge in [0.15, 0.2) is 12.4 Å². The lowest BCUT2D eigenvalue weighted by atomic mass is 9.43. The van der Waals surface area contributed by atoms with Crippen LogP contribution in [0.15, 0.2) is 11.6 Å². The van der Waals surface area contributed by atoms with Crippen LogP contribution in [0.3, 0.4) is 0 Å². The summed E-state index contributed by atoms with van der Waals surface area (Å²) >= 11 is 0. The van der Waals surface area contributed by atoms with Crippen molar-refractivity contribution in [3.05, 3.63) is 11.6 Å². The van der Waals surface area contributed by atoms with Crippen molar-refractivity contribution < 1.29 is 48.3 Å². The average Bonchev–Trinajstić information content (AvgIpc) is 3.50. The standard InChI is InChI=1S/C32H46O10/c1-17-26(36)27(38-4)28(41-18(2)34)29(40-17)42-21-7-11-31(16-33)20(14-21)5-6-24-23(31)8-10-30(3)22(9-12-32(24,30)37)19-13-25(35)39-15-19/h13,16-17,20-24,26-29,36-37H,5-12,14-15H2,1-4H3/t17-,20-,21+,22?,23?,24?,26+,27-,28-,29+,30-,31-,32?/m1/s1. The highest BCUT2D eigenvalue weighted by molar-refractivity contribution is 5.85. The van der Waals surface area contributed by atoms with Gasteiger partial charge in [-0.2, -0.15) is 0 Å². The van der Waals surface area contributed by atoms with Crippen molar-refractivity contribution in [1.29, 1.82) is 0 Å². The Bertz CT molecular complexity index is 1120. The van der Waals surface area contributed by atoms with E-state index in [1.165, 1.54) is 20.3 Å². The largest absolute Gasteiger partial charge is 0.458 e. The minimum atomic E-state index is -0.973. The Hall–Kier alpha value is -1.85. The van der Waals surface area contributed by atoms with E-state index in [4.69, 9.17) is 23.7 Å². The molecule has 4 unspecified atom stereocenters. The molecule has 0 aromatic carbocycles. The number of aliphatic hydroxyl groups is 2. The number of fused-ring (bicyclic) bond motifs is 5. The zero-order chi connectivity index (χ0) is 30.0. The molecule has 4 saturated carbocycles. The molecule has 6 rings (SSSR count). The fourth-order valence-electron chi connectivity index (χ4n) is 10.3. The third kappa shape index (κ3) is 4.50. The molecule has 234 valence electrons.